The molecule has 0 spiro atoms. The van der Waals surface area contributed by atoms with Gasteiger partial charge in [0.15, 0.2) is 17.3 Å². The number of rotatable bonds is 4. The Morgan fingerprint density at radius 3 is 2.56 bits per heavy atom. The molecule has 16 heavy (non-hydrogen) atoms. The van der Waals surface area contributed by atoms with E-state index in [4.69, 9.17) is 9.47 Å². The number of benzene rings is 1. The highest BCUT2D eigenvalue weighted by atomic mass is 16.5. The van der Waals surface area contributed by atoms with Crippen molar-refractivity contribution in [2.45, 2.75) is 32.3 Å². The van der Waals surface area contributed by atoms with E-state index < -0.39 is 0 Å². The first-order chi connectivity index (χ1) is 7.70. The summed E-state index contributed by atoms with van der Waals surface area (Å²) in [5.41, 5.74) is 0.662. The number of hydrogen-bond acceptors (Lipinski definition) is 3. The van der Waals surface area contributed by atoms with Gasteiger partial charge in [-0.05, 0) is 44.4 Å². The standard InChI is InChI=1S/C13H16O3/c1-9(14)10-6-7-12(15-2)13(8-10)16-11-4-3-5-11/h6-8,11H,3-5H2,1-2H3. The molecular weight excluding hydrogens is 204 g/mol. The topological polar surface area (TPSA) is 35.5 Å². The van der Waals surface area contributed by atoms with Crippen LogP contribution in [0.5, 0.6) is 11.5 Å². The van der Waals surface area contributed by atoms with E-state index in [0.717, 1.165) is 12.8 Å². The lowest BCUT2D eigenvalue weighted by molar-refractivity contribution is 0.101. The molecule has 3 nitrogen and oxygen atoms in total. The molecule has 86 valence electrons. The summed E-state index contributed by atoms with van der Waals surface area (Å²) in [6, 6.07) is 5.30. The van der Waals surface area contributed by atoms with E-state index in [2.05, 4.69) is 0 Å². The van der Waals surface area contributed by atoms with E-state index in [1.807, 2.05) is 0 Å². The summed E-state index contributed by atoms with van der Waals surface area (Å²) in [4.78, 5) is 11.3. The number of ketones is 1. The minimum atomic E-state index is 0.0427. The normalized spacial score (nSPS) is 15.4. The van der Waals surface area contributed by atoms with Crippen LogP contribution in [0.1, 0.15) is 36.5 Å². The van der Waals surface area contributed by atoms with Crippen molar-refractivity contribution >= 4 is 5.78 Å². The van der Waals surface area contributed by atoms with Crippen LogP contribution in [0, 0.1) is 0 Å². The summed E-state index contributed by atoms with van der Waals surface area (Å²) in [7, 11) is 1.61. The summed E-state index contributed by atoms with van der Waals surface area (Å²) < 4.78 is 11.0. The first-order valence-electron chi connectivity index (χ1n) is 5.56. The molecule has 0 bridgehead atoms. The number of methoxy groups -OCH3 is 1. The van der Waals surface area contributed by atoms with Crippen molar-refractivity contribution in [3.05, 3.63) is 23.8 Å². The van der Waals surface area contributed by atoms with Gasteiger partial charge in [0.05, 0.1) is 13.2 Å². The van der Waals surface area contributed by atoms with E-state index in [1.165, 1.54) is 6.42 Å². The minimum absolute atomic E-state index is 0.0427. The quantitative estimate of drug-likeness (QED) is 0.732. The van der Waals surface area contributed by atoms with Crippen LogP contribution >= 0.6 is 0 Å². The van der Waals surface area contributed by atoms with Crippen molar-refractivity contribution in [1.82, 2.24) is 0 Å². The third-order valence-corrected chi connectivity index (χ3v) is 2.92. The number of Topliss-reactive ketones (excluding diaryl/α,β-unsaturated/α-hetero) is 1. The molecule has 3 heteroatoms. The molecule has 0 heterocycles. The minimum Gasteiger partial charge on any atom is -0.493 e. The predicted octanol–water partition coefficient (Wildman–Crippen LogP) is 2.83. The Labute approximate surface area is 95.4 Å². The second-order valence-corrected chi connectivity index (χ2v) is 4.09. The van der Waals surface area contributed by atoms with Crippen LogP contribution in [-0.4, -0.2) is 19.0 Å². The molecule has 0 unspecified atom stereocenters. The van der Waals surface area contributed by atoms with Crippen LogP contribution in [-0.2, 0) is 0 Å². The molecule has 1 saturated carbocycles. The van der Waals surface area contributed by atoms with E-state index in [-0.39, 0.29) is 11.9 Å². The smallest absolute Gasteiger partial charge is 0.162 e. The molecule has 0 saturated heterocycles. The van der Waals surface area contributed by atoms with Gasteiger partial charge in [0.1, 0.15) is 0 Å². The first kappa shape index (κ1) is 11.0. The summed E-state index contributed by atoms with van der Waals surface area (Å²) in [6.07, 6.45) is 3.69. The monoisotopic (exact) mass is 220 g/mol. The molecule has 1 fully saturated rings. The zero-order valence-electron chi connectivity index (χ0n) is 9.66. The van der Waals surface area contributed by atoms with Crippen LogP contribution in [0.2, 0.25) is 0 Å². The van der Waals surface area contributed by atoms with Crippen LogP contribution < -0.4 is 9.47 Å². The van der Waals surface area contributed by atoms with Crippen molar-refractivity contribution in [3.8, 4) is 11.5 Å². The van der Waals surface area contributed by atoms with E-state index in [0.29, 0.717) is 17.1 Å². The lowest BCUT2D eigenvalue weighted by Gasteiger charge is -2.27. The van der Waals surface area contributed by atoms with E-state index in [9.17, 15) is 4.79 Å². The largest absolute Gasteiger partial charge is 0.493 e. The van der Waals surface area contributed by atoms with Gasteiger partial charge in [-0.25, -0.2) is 0 Å². The zero-order valence-corrected chi connectivity index (χ0v) is 9.66. The van der Waals surface area contributed by atoms with Gasteiger partial charge in [0, 0.05) is 5.56 Å². The highest BCUT2D eigenvalue weighted by Gasteiger charge is 2.21. The maximum absolute atomic E-state index is 11.3. The molecule has 0 radical (unpaired) electrons. The van der Waals surface area contributed by atoms with Gasteiger partial charge in [-0.15, -0.1) is 0 Å². The van der Waals surface area contributed by atoms with Gasteiger partial charge in [-0.2, -0.15) is 0 Å². The van der Waals surface area contributed by atoms with Gasteiger partial charge < -0.3 is 9.47 Å². The Morgan fingerprint density at radius 1 is 1.31 bits per heavy atom. The maximum atomic E-state index is 11.3. The third kappa shape index (κ3) is 2.18. The number of carbonyl (C=O) groups excluding carboxylic acids is 1. The number of hydrogen-bond donors (Lipinski definition) is 0. The van der Waals surface area contributed by atoms with Crippen molar-refractivity contribution in [1.29, 1.82) is 0 Å². The second kappa shape index (κ2) is 4.56. The van der Waals surface area contributed by atoms with Gasteiger partial charge in [-0.1, -0.05) is 0 Å². The number of carbonyl (C=O) groups is 1. The summed E-state index contributed by atoms with van der Waals surface area (Å²) in [6.45, 7) is 1.55. The lowest BCUT2D eigenvalue weighted by atomic mass is 9.96. The first-order valence-corrected chi connectivity index (χ1v) is 5.56. The third-order valence-electron chi connectivity index (χ3n) is 2.92. The SMILES string of the molecule is COc1ccc(C(C)=O)cc1OC1CCC1. The molecule has 0 aliphatic heterocycles. The average Bonchev–Trinajstić information content (AvgIpc) is 2.23. The van der Waals surface area contributed by atoms with Crippen LogP contribution in [0.4, 0.5) is 0 Å². The van der Waals surface area contributed by atoms with Gasteiger partial charge >= 0.3 is 0 Å². The van der Waals surface area contributed by atoms with Crippen LogP contribution in [0.25, 0.3) is 0 Å². The molecule has 0 amide bonds. The van der Waals surface area contributed by atoms with Gasteiger partial charge in [0.2, 0.25) is 0 Å². The van der Waals surface area contributed by atoms with E-state index >= 15 is 0 Å². The molecule has 1 aromatic rings. The van der Waals surface area contributed by atoms with Crippen molar-refractivity contribution in [2.75, 3.05) is 7.11 Å². The summed E-state index contributed by atoms with van der Waals surface area (Å²) >= 11 is 0. The molecular formula is C13H16O3. The second-order valence-electron chi connectivity index (χ2n) is 4.09. The summed E-state index contributed by atoms with van der Waals surface area (Å²) in [5.74, 6) is 1.41. The Bertz CT molecular complexity index is 394. The highest BCUT2D eigenvalue weighted by molar-refractivity contribution is 5.94. The molecule has 0 atom stereocenters. The average molecular weight is 220 g/mol. The predicted molar refractivity (Wildman–Crippen MR) is 61.3 cm³/mol. The fraction of sp³-hybridized carbons (Fsp3) is 0.462. The molecule has 0 aromatic heterocycles. The fourth-order valence-electron chi connectivity index (χ4n) is 1.66. The molecule has 1 aromatic carbocycles. The van der Waals surface area contributed by atoms with Crippen LogP contribution in [0.3, 0.4) is 0 Å². The maximum Gasteiger partial charge on any atom is 0.162 e. The van der Waals surface area contributed by atoms with Crippen molar-refractivity contribution in [2.24, 2.45) is 0 Å². The molecule has 0 N–H and O–H groups in total. The van der Waals surface area contributed by atoms with Crippen molar-refractivity contribution in [3.63, 3.8) is 0 Å². The Hall–Kier alpha value is -1.51. The zero-order chi connectivity index (χ0) is 11.5. The molecule has 1 aliphatic carbocycles. The Morgan fingerprint density at radius 2 is 2.06 bits per heavy atom. The summed E-state index contributed by atoms with van der Waals surface area (Å²) in [5, 5.41) is 0. The van der Waals surface area contributed by atoms with Gasteiger partial charge in [-0.3, -0.25) is 4.79 Å². The Kier molecular flexibility index (Phi) is 3.13. The highest BCUT2D eigenvalue weighted by Crippen LogP contribution is 2.33. The van der Waals surface area contributed by atoms with Gasteiger partial charge in [0.25, 0.3) is 0 Å². The molecule has 2 rings (SSSR count). The fourth-order valence-corrected chi connectivity index (χ4v) is 1.66. The number of ether oxygens (including phenoxy) is 2. The lowest BCUT2D eigenvalue weighted by Crippen LogP contribution is -2.24. The van der Waals surface area contributed by atoms with Crippen molar-refractivity contribution < 1.29 is 14.3 Å². The molecule has 1 aliphatic rings. The Balaban J connectivity index is 2.23. The van der Waals surface area contributed by atoms with Crippen LogP contribution in [0.15, 0.2) is 18.2 Å². The van der Waals surface area contributed by atoms with E-state index in [1.54, 1.807) is 32.2 Å².